The third-order valence-electron chi connectivity index (χ3n) is 3.37. The van der Waals surface area contributed by atoms with Crippen LogP contribution in [-0.2, 0) is 4.74 Å². The van der Waals surface area contributed by atoms with Crippen molar-refractivity contribution in [3.63, 3.8) is 0 Å². The van der Waals surface area contributed by atoms with Gasteiger partial charge < -0.3 is 10.1 Å². The van der Waals surface area contributed by atoms with Gasteiger partial charge in [0.15, 0.2) is 0 Å². The number of ether oxygens (including phenoxy) is 1. The Kier molecular flexibility index (Phi) is 4.84. The van der Waals surface area contributed by atoms with Crippen molar-refractivity contribution in [1.82, 2.24) is 5.32 Å². The van der Waals surface area contributed by atoms with Gasteiger partial charge in [-0.1, -0.05) is 23.7 Å². The number of halogens is 1. The van der Waals surface area contributed by atoms with E-state index in [-0.39, 0.29) is 0 Å². The molecule has 3 heteroatoms. The average molecular weight is 254 g/mol. The normalized spacial score (nSPS) is 22.4. The zero-order chi connectivity index (χ0) is 12.1. The molecule has 2 nitrogen and oxygen atoms in total. The van der Waals surface area contributed by atoms with Gasteiger partial charge >= 0.3 is 0 Å². The molecule has 94 valence electrons. The predicted molar refractivity (Wildman–Crippen MR) is 71.5 cm³/mol. The first kappa shape index (κ1) is 12.9. The third kappa shape index (κ3) is 3.70. The minimum Gasteiger partial charge on any atom is -0.378 e. The Hall–Kier alpha value is -0.570. The van der Waals surface area contributed by atoms with E-state index in [4.69, 9.17) is 16.3 Å². The molecule has 1 fully saturated rings. The topological polar surface area (TPSA) is 21.3 Å². The van der Waals surface area contributed by atoms with Crippen LogP contribution >= 0.6 is 11.6 Å². The standard InChI is InChI=1S/C14H20ClNO/c1-16-14(10-13-7-2-3-8-17-13)11-5-4-6-12(15)9-11/h4-6,9,13-14,16H,2-3,7-8,10H2,1H3. The van der Waals surface area contributed by atoms with Crippen molar-refractivity contribution in [3.8, 4) is 0 Å². The van der Waals surface area contributed by atoms with E-state index in [1.54, 1.807) is 0 Å². The Morgan fingerprint density at radius 1 is 1.47 bits per heavy atom. The molecule has 0 bridgehead atoms. The molecule has 1 saturated heterocycles. The zero-order valence-electron chi connectivity index (χ0n) is 10.3. The first-order valence-corrected chi connectivity index (χ1v) is 6.71. The van der Waals surface area contributed by atoms with Crippen LogP contribution in [0.4, 0.5) is 0 Å². The Labute approximate surface area is 108 Å². The van der Waals surface area contributed by atoms with E-state index in [2.05, 4.69) is 11.4 Å². The SMILES string of the molecule is CNC(CC1CCCCO1)c1cccc(Cl)c1. The van der Waals surface area contributed by atoms with E-state index in [0.717, 1.165) is 18.1 Å². The van der Waals surface area contributed by atoms with E-state index in [1.807, 2.05) is 25.2 Å². The van der Waals surface area contributed by atoms with Crippen molar-refractivity contribution in [2.45, 2.75) is 37.8 Å². The lowest BCUT2D eigenvalue weighted by Crippen LogP contribution is -2.26. The summed E-state index contributed by atoms with van der Waals surface area (Å²) in [6.07, 6.45) is 5.09. The minimum atomic E-state index is 0.330. The third-order valence-corrected chi connectivity index (χ3v) is 3.61. The average Bonchev–Trinajstić information content (AvgIpc) is 2.37. The quantitative estimate of drug-likeness (QED) is 0.886. The Morgan fingerprint density at radius 2 is 2.35 bits per heavy atom. The summed E-state index contributed by atoms with van der Waals surface area (Å²) < 4.78 is 5.79. The minimum absolute atomic E-state index is 0.330. The fraction of sp³-hybridized carbons (Fsp3) is 0.571. The van der Waals surface area contributed by atoms with Crippen LogP contribution in [0.2, 0.25) is 5.02 Å². The van der Waals surface area contributed by atoms with Gasteiger partial charge in [0.1, 0.15) is 0 Å². The lowest BCUT2D eigenvalue weighted by Gasteiger charge is -2.27. The molecule has 0 saturated carbocycles. The second kappa shape index (κ2) is 6.39. The van der Waals surface area contributed by atoms with E-state index in [0.29, 0.717) is 12.1 Å². The molecule has 1 heterocycles. The fourth-order valence-electron chi connectivity index (χ4n) is 2.40. The zero-order valence-corrected chi connectivity index (χ0v) is 11.0. The maximum atomic E-state index is 6.03. The van der Waals surface area contributed by atoms with Crippen LogP contribution in [0.15, 0.2) is 24.3 Å². The second-order valence-corrected chi connectivity index (χ2v) is 5.06. The maximum absolute atomic E-state index is 6.03. The highest BCUT2D eigenvalue weighted by Crippen LogP contribution is 2.26. The molecule has 17 heavy (non-hydrogen) atoms. The van der Waals surface area contributed by atoms with Crippen LogP contribution in [0, 0.1) is 0 Å². The summed E-state index contributed by atoms with van der Waals surface area (Å²) in [7, 11) is 1.99. The van der Waals surface area contributed by atoms with Gasteiger partial charge in [-0.15, -0.1) is 0 Å². The summed E-state index contributed by atoms with van der Waals surface area (Å²) in [6, 6.07) is 8.40. The van der Waals surface area contributed by atoms with Gasteiger partial charge in [-0.2, -0.15) is 0 Å². The second-order valence-electron chi connectivity index (χ2n) is 4.62. The van der Waals surface area contributed by atoms with Crippen molar-refractivity contribution in [2.24, 2.45) is 0 Å². The van der Waals surface area contributed by atoms with Gasteiger partial charge in [-0.3, -0.25) is 0 Å². The summed E-state index contributed by atoms with van der Waals surface area (Å²) in [6.45, 7) is 0.913. The summed E-state index contributed by atoms with van der Waals surface area (Å²) in [4.78, 5) is 0. The monoisotopic (exact) mass is 253 g/mol. The van der Waals surface area contributed by atoms with Crippen LogP contribution in [0.5, 0.6) is 0 Å². The van der Waals surface area contributed by atoms with Crippen molar-refractivity contribution >= 4 is 11.6 Å². The summed E-state index contributed by atoms with van der Waals surface area (Å²) in [5.41, 5.74) is 1.24. The molecule has 0 spiro atoms. The highest BCUT2D eigenvalue weighted by atomic mass is 35.5. The number of benzene rings is 1. The summed E-state index contributed by atoms with van der Waals surface area (Å²) in [5, 5.41) is 4.15. The molecule has 2 rings (SSSR count). The highest BCUT2D eigenvalue weighted by molar-refractivity contribution is 6.30. The molecule has 2 unspecified atom stereocenters. The molecule has 2 atom stereocenters. The largest absolute Gasteiger partial charge is 0.378 e. The molecule has 0 radical (unpaired) electrons. The van der Waals surface area contributed by atoms with Crippen LogP contribution in [0.25, 0.3) is 0 Å². The van der Waals surface area contributed by atoms with Gasteiger partial charge in [0.05, 0.1) is 6.10 Å². The smallest absolute Gasteiger partial charge is 0.0593 e. The molecule has 0 aliphatic carbocycles. The van der Waals surface area contributed by atoms with Gasteiger partial charge in [-0.05, 0) is 50.4 Å². The van der Waals surface area contributed by atoms with E-state index < -0.39 is 0 Å². The van der Waals surface area contributed by atoms with E-state index in [9.17, 15) is 0 Å². The highest BCUT2D eigenvalue weighted by Gasteiger charge is 2.19. The van der Waals surface area contributed by atoms with E-state index in [1.165, 1.54) is 24.8 Å². The van der Waals surface area contributed by atoms with Gasteiger partial charge in [0.2, 0.25) is 0 Å². The van der Waals surface area contributed by atoms with Crippen molar-refractivity contribution in [3.05, 3.63) is 34.9 Å². The Bertz CT molecular complexity index is 350. The van der Waals surface area contributed by atoms with E-state index >= 15 is 0 Å². The van der Waals surface area contributed by atoms with Crippen molar-refractivity contribution in [1.29, 1.82) is 0 Å². The summed E-state index contributed by atoms with van der Waals surface area (Å²) >= 11 is 6.03. The van der Waals surface area contributed by atoms with Crippen LogP contribution in [-0.4, -0.2) is 19.8 Å². The van der Waals surface area contributed by atoms with Crippen molar-refractivity contribution in [2.75, 3.05) is 13.7 Å². The fourth-order valence-corrected chi connectivity index (χ4v) is 2.60. The molecule has 1 aromatic rings. The molecule has 0 aromatic heterocycles. The number of hydrogen-bond donors (Lipinski definition) is 1. The molecule has 0 amide bonds. The summed E-state index contributed by atoms with van der Waals surface area (Å²) in [5.74, 6) is 0. The van der Waals surface area contributed by atoms with Crippen LogP contribution in [0.1, 0.15) is 37.3 Å². The first-order chi connectivity index (χ1) is 8.29. The van der Waals surface area contributed by atoms with Gasteiger partial charge in [0, 0.05) is 17.7 Å². The Balaban J connectivity index is 2.00. The predicted octanol–water partition coefficient (Wildman–Crippen LogP) is 3.56. The van der Waals surface area contributed by atoms with Gasteiger partial charge in [0.25, 0.3) is 0 Å². The first-order valence-electron chi connectivity index (χ1n) is 6.34. The maximum Gasteiger partial charge on any atom is 0.0593 e. The number of nitrogens with one attached hydrogen (secondary N) is 1. The molecular formula is C14H20ClNO. The number of hydrogen-bond acceptors (Lipinski definition) is 2. The van der Waals surface area contributed by atoms with Gasteiger partial charge in [-0.25, -0.2) is 0 Å². The van der Waals surface area contributed by atoms with Crippen LogP contribution < -0.4 is 5.32 Å². The lowest BCUT2D eigenvalue weighted by atomic mass is 9.97. The Morgan fingerprint density at radius 3 is 3.00 bits per heavy atom. The molecule has 1 N–H and O–H groups in total. The molecular weight excluding hydrogens is 234 g/mol. The van der Waals surface area contributed by atoms with Crippen molar-refractivity contribution < 1.29 is 4.74 Å². The molecule has 1 aliphatic rings. The lowest BCUT2D eigenvalue weighted by molar-refractivity contribution is 0.00548. The molecule has 1 aromatic carbocycles. The molecule has 1 aliphatic heterocycles. The van der Waals surface area contributed by atoms with Crippen LogP contribution in [0.3, 0.4) is 0 Å². The number of rotatable bonds is 4.